The van der Waals surface area contributed by atoms with Crippen LogP contribution in [0, 0.1) is 0 Å². The Morgan fingerprint density at radius 3 is 2.26 bits per heavy atom. The molecular weight excluding hydrogens is 254 g/mol. The van der Waals surface area contributed by atoms with Crippen molar-refractivity contribution in [3.63, 3.8) is 0 Å². The van der Waals surface area contributed by atoms with Crippen molar-refractivity contribution in [2.24, 2.45) is 0 Å². The molecule has 2 atom stereocenters. The molecule has 1 aliphatic rings. The number of thioether (sulfide) groups is 1. The Morgan fingerprint density at radius 1 is 0.947 bits per heavy atom. The van der Waals surface area contributed by atoms with E-state index in [4.69, 9.17) is 0 Å². The van der Waals surface area contributed by atoms with Crippen molar-refractivity contribution < 1.29 is 4.79 Å². The maximum atomic E-state index is 11.7. The van der Waals surface area contributed by atoms with E-state index in [-0.39, 0.29) is 16.5 Å². The first-order valence-electron chi connectivity index (χ1n) is 6.39. The summed E-state index contributed by atoms with van der Waals surface area (Å²) in [5, 5.41) is 3.40. The lowest BCUT2D eigenvalue weighted by Gasteiger charge is -2.18. The molecule has 2 aromatic carbocycles. The number of hydrogen-bond donors (Lipinski definition) is 1. The highest BCUT2D eigenvalue weighted by Gasteiger charge is 2.34. The summed E-state index contributed by atoms with van der Waals surface area (Å²) in [6, 6.07) is 20.6. The summed E-state index contributed by atoms with van der Waals surface area (Å²) in [5.41, 5.74) is 2.46. The smallest absolute Gasteiger partial charge is 0.279 e. The molecule has 3 rings (SSSR count). The number of hydrogen-bond acceptors (Lipinski definition) is 2. The summed E-state index contributed by atoms with van der Waals surface area (Å²) in [4.78, 5) is 11.7. The maximum absolute atomic E-state index is 11.7. The van der Waals surface area contributed by atoms with Gasteiger partial charge in [0.15, 0.2) is 0 Å². The molecule has 1 N–H and O–H groups in total. The zero-order valence-corrected chi connectivity index (χ0v) is 11.3. The number of carbonyl (C=O) groups is 1. The molecule has 0 radical (unpaired) electrons. The van der Waals surface area contributed by atoms with Crippen LogP contribution in [0.5, 0.6) is 0 Å². The number of benzene rings is 2. The number of carbonyl (C=O) groups excluding carboxylic acids is 1. The van der Waals surface area contributed by atoms with Gasteiger partial charge >= 0.3 is 0 Å². The lowest BCUT2D eigenvalue weighted by molar-refractivity contribution is 0.259. The normalized spacial score (nSPS) is 22.2. The van der Waals surface area contributed by atoms with Crippen molar-refractivity contribution in [1.29, 1.82) is 0 Å². The number of amides is 1. The Bertz CT molecular complexity index is 555. The van der Waals surface area contributed by atoms with E-state index in [1.807, 2.05) is 36.4 Å². The summed E-state index contributed by atoms with van der Waals surface area (Å²) in [6.45, 7) is 0. The highest BCUT2D eigenvalue weighted by Crippen LogP contribution is 2.35. The largest absolute Gasteiger partial charge is 0.339 e. The van der Waals surface area contributed by atoms with Crippen LogP contribution in [0.25, 0.3) is 0 Å². The van der Waals surface area contributed by atoms with Gasteiger partial charge < -0.3 is 5.32 Å². The third-order valence-electron chi connectivity index (χ3n) is 3.34. The van der Waals surface area contributed by atoms with E-state index >= 15 is 0 Å². The summed E-state index contributed by atoms with van der Waals surface area (Å²) in [5.74, 6) is 0. The first kappa shape index (κ1) is 12.3. The fraction of sp³-hybridized carbons (Fsp3) is 0.188. The van der Waals surface area contributed by atoms with E-state index in [0.717, 1.165) is 6.42 Å². The van der Waals surface area contributed by atoms with Gasteiger partial charge in [0, 0.05) is 5.25 Å². The number of rotatable bonds is 3. The van der Waals surface area contributed by atoms with Crippen LogP contribution in [0.4, 0.5) is 4.79 Å². The Morgan fingerprint density at radius 2 is 1.58 bits per heavy atom. The van der Waals surface area contributed by atoms with Crippen LogP contribution in [-0.4, -0.2) is 10.5 Å². The van der Waals surface area contributed by atoms with Crippen LogP contribution in [-0.2, 0) is 6.42 Å². The second-order valence-corrected chi connectivity index (χ2v) is 5.88. The van der Waals surface area contributed by atoms with E-state index in [1.54, 1.807) is 0 Å². The topological polar surface area (TPSA) is 29.1 Å². The third kappa shape index (κ3) is 2.82. The zero-order valence-electron chi connectivity index (χ0n) is 10.5. The molecule has 2 unspecified atom stereocenters. The van der Waals surface area contributed by atoms with Crippen molar-refractivity contribution in [3.05, 3.63) is 71.8 Å². The van der Waals surface area contributed by atoms with Crippen molar-refractivity contribution in [3.8, 4) is 0 Å². The van der Waals surface area contributed by atoms with E-state index in [2.05, 4.69) is 29.6 Å². The summed E-state index contributed by atoms with van der Waals surface area (Å²) < 4.78 is 0. The molecule has 3 heteroatoms. The van der Waals surface area contributed by atoms with Gasteiger partial charge in [0.25, 0.3) is 5.24 Å². The van der Waals surface area contributed by atoms with E-state index in [1.165, 1.54) is 22.9 Å². The minimum Gasteiger partial charge on any atom is -0.339 e. The van der Waals surface area contributed by atoms with E-state index in [0.29, 0.717) is 0 Å². The molecule has 0 saturated carbocycles. The minimum atomic E-state index is 0.0785. The van der Waals surface area contributed by atoms with Crippen LogP contribution >= 0.6 is 11.8 Å². The van der Waals surface area contributed by atoms with Gasteiger partial charge in [-0.25, -0.2) is 0 Å². The van der Waals surface area contributed by atoms with Gasteiger partial charge in [-0.15, -0.1) is 0 Å². The fourth-order valence-electron chi connectivity index (χ4n) is 2.42. The monoisotopic (exact) mass is 269 g/mol. The molecule has 1 aliphatic heterocycles. The molecule has 0 bridgehead atoms. The highest BCUT2D eigenvalue weighted by atomic mass is 32.2. The van der Waals surface area contributed by atoms with Gasteiger partial charge in [-0.3, -0.25) is 4.79 Å². The molecule has 19 heavy (non-hydrogen) atoms. The van der Waals surface area contributed by atoms with Crippen molar-refractivity contribution in [1.82, 2.24) is 5.32 Å². The second-order valence-electron chi connectivity index (χ2n) is 4.67. The molecule has 96 valence electrons. The van der Waals surface area contributed by atoms with Gasteiger partial charge in [-0.05, 0) is 17.5 Å². The maximum Gasteiger partial charge on any atom is 0.279 e. The second kappa shape index (κ2) is 5.49. The van der Waals surface area contributed by atoms with Gasteiger partial charge in [-0.1, -0.05) is 72.4 Å². The zero-order chi connectivity index (χ0) is 13.1. The minimum absolute atomic E-state index is 0.0785. The molecule has 0 aliphatic carbocycles. The Kier molecular flexibility index (Phi) is 3.56. The lowest BCUT2D eigenvalue weighted by Crippen LogP contribution is -2.23. The Balaban J connectivity index is 1.81. The SMILES string of the molecule is O=C1NC(c2ccccc2)C(Cc2ccccc2)S1. The predicted molar refractivity (Wildman–Crippen MR) is 79.2 cm³/mol. The molecule has 0 aromatic heterocycles. The number of nitrogens with one attached hydrogen (secondary N) is 1. The van der Waals surface area contributed by atoms with Crippen LogP contribution < -0.4 is 5.32 Å². The van der Waals surface area contributed by atoms with E-state index < -0.39 is 0 Å². The van der Waals surface area contributed by atoms with Crippen LogP contribution in [0.2, 0.25) is 0 Å². The van der Waals surface area contributed by atoms with Gasteiger partial charge in [0.1, 0.15) is 0 Å². The van der Waals surface area contributed by atoms with Gasteiger partial charge in [-0.2, -0.15) is 0 Å². The summed E-state index contributed by atoms with van der Waals surface area (Å²) >= 11 is 1.41. The van der Waals surface area contributed by atoms with Gasteiger partial charge in [0.05, 0.1) is 6.04 Å². The molecule has 1 heterocycles. The van der Waals surface area contributed by atoms with Crippen molar-refractivity contribution in [2.45, 2.75) is 17.7 Å². The van der Waals surface area contributed by atoms with Crippen molar-refractivity contribution >= 4 is 17.0 Å². The molecule has 0 spiro atoms. The van der Waals surface area contributed by atoms with Crippen LogP contribution in [0.1, 0.15) is 17.2 Å². The predicted octanol–water partition coefficient (Wildman–Crippen LogP) is 3.80. The first-order chi connectivity index (χ1) is 9.33. The quantitative estimate of drug-likeness (QED) is 0.918. The first-order valence-corrected chi connectivity index (χ1v) is 7.27. The Labute approximate surface area is 117 Å². The highest BCUT2D eigenvalue weighted by molar-refractivity contribution is 8.14. The lowest BCUT2D eigenvalue weighted by atomic mass is 9.99. The van der Waals surface area contributed by atoms with E-state index in [9.17, 15) is 4.79 Å². The molecule has 2 nitrogen and oxygen atoms in total. The standard InChI is InChI=1S/C16H15NOS/c18-16-17-15(13-9-5-2-6-10-13)14(19-16)11-12-7-3-1-4-8-12/h1-10,14-15H,11H2,(H,17,18). The van der Waals surface area contributed by atoms with Crippen molar-refractivity contribution in [2.75, 3.05) is 0 Å². The molecule has 1 saturated heterocycles. The average Bonchev–Trinajstić information content (AvgIpc) is 2.82. The van der Waals surface area contributed by atoms with Crippen LogP contribution in [0.15, 0.2) is 60.7 Å². The molecule has 1 amide bonds. The summed E-state index contributed by atoms with van der Waals surface area (Å²) in [7, 11) is 0. The molecule has 1 fully saturated rings. The molecule has 2 aromatic rings. The summed E-state index contributed by atoms with van der Waals surface area (Å²) in [6.07, 6.45) is 0.907. The Hall–Kier alpha value is -1.74. The molecular formula is C16H15NOS. The fourth-order valence-corrected chi connectivity index (χ4v) is 3.53. The third-order valence-corrected chi connectivity index (χ3v) is 4.42. The average molecular weight is 269 g/mol. The van der Waals surface area contributed by atoms with Gasteiger partial charge in [0.2, 0.25) is 0 Å². The van der Waals surface area contributed by atoms with Crippen LogP contribution in [0.3, 0.4) is 0 Å².